The van der Waals surface area contributed by atoms with Crippen molar-refractivity contribution in [3.63, 3.8) is 0 Å². The molecule has 5 nitrogen and oxygen atoms in total. The summed E-state index contributed by atoms with van der Waals surface area (Å²) >= 11 is 0. The maximum Gasteiger partial charge on any atom is 0.335 e. The SMILES string of the molecule is Cc1ccc(C(=O)O)cc1NC(=O)[C@@H](N)CC(C)C. The fourth-order valence-corrected chi connectivity index (χ4v) is 1.73. The Labute approximate surface area is 112 Å². The Morgan fingerprint density at radius 1 is 1.37 bits per heavy atom. The van der Waals surface area contributed by atoms with Gasteiger partial charge in [-0.05, 0) is 37.0 Å². The van der Waals surface area contributed by atoms with Crippen LogP contribution in [0, 0.1) is 12.8 Å². The number of aromatic carboxylic acids is 1. The summed E-state index contributed by atoms with van der Waals surface area (Å²) in [5, 5.41) is 11.6. The molecule has 1 atom stereocenters. The van der Waals surface area contributed by atoms with Crippen molar-refractivity contribution < 1.29 is 14.7 Å². The Bertz CT molecular complexity index is 484. The van der Waals surface area contributed by atoms with E-state index in [-0.39, 0.29) is 11.5 Å². The second-order valence-electron chi connectivity index (χ2n) is 5.06. The molecule has 5 heteroatoms. The van der Waals surface area contributed by atoms with E-state index in [1.165, 1.54) is 12.1 Å². The molecular formula is C14H20N2O3. The van der Waals surface area contributed by atoms with Gasteiger partial charge in [-0.2, -0.15) is 0 Å². The highest BCUT2D eigenvalue weighted by Gasteiger charge is 2.16. The third-order valence-electron chi connectivity index (χ3n) is 2.80. The highest BCUT2D eigenvalue weighted by atomic mass is 16.4. The lowest BCUT2D eigenvalue weighted by atomic mass is 10.0. The molecule has 0 saturated heterocycles. The first kappa shape index (κ1) is 15.2. The van der Waals surface area contributed by atoms with E-state index in [0.29, 0.717) is 18.0 Å². The monoisotopic (exact) mass is 264 g/mol. The van der Waals surface area contributed by atoms with Crippen molar-refractivity contribution in [1.29, 1.82) is 0 Å². The van der Waals surface area contributed by atoms with Gasteiger partial charge in [-0.15, -0.1) is 0 Å². The van der Waals surface area contributed by atoms with E-state index in [1.807, 2.05) is 13.8 Å². The summed E-state index contributed by atoms with van der Waals surface area (Å²) in [5.41, 5.74) is 7.21. The Kier molecular flexibility index (Phi) is 5.06. The van der Waals surface area contributed by atoms with Gasteiger partial charge in [-0.3, -0.25) is 4.79 Å². The number of amides is 1. The van der Waals surface area contributed by atoms with Gasteiger partial charge in [0, 0.05) is 5.69 Å². The van der Waals surface area contributed by atoms with E-state index in [2.05, 4.69) is 5.32 Å². The molecule has 0 bridgehead atoms. The topological polar surface area (TPSA) is 92.4 Å². The van der Waals surface area contributed by atoms with E-state index >= 15 is 0 Å². The molecule has 0 heterocycles. The number of hydrogen-bond donors (Lipinski definition) is 3. The zero-order valence-corrected chi connectivity index (χ0v) is 11.4. The van der Waals surface area contributed by atoms with E-state index in [9.17, 15) is 9.59 Å². The molecule has 1 amide bonds. The molecule has 0 unspecified atom stereocenters. The summed E-state index contributed by atoms with van der Waals surface area (Å²) in [6.07, 6.45) is 0.587. The van der Waals surface area contributed by atoms with Crippen molar-refractivity contribution in [2.75, 3.05) is 5.32 Å². The van der Waals surface area contributed by atoms with Crippen LogP contribution in [0.25, 0.3) is 0 Å². The van der Waals surface area contributed by atoms with Crippen LogP contribution in [0.3, 0.4) is 0 Å². The molecule has 0 aromatic heterocycles. The van der Waals surface area contributed by atoms with E-state index in [0.717, 1.165) is 5.56 Å². The van der Waals surface area contributed by atoms with Gasteiger partial charge in [-0.1, -0.05) is 19.9 Å². The van der Waals surface area contributed by atoms with Crippen molar-refractivity contribution in [2.24, 2.45) is 11.7 Å². The number of hydrogen-bond acceptors (Lipinski definition) is 3. The summed E-state index contributed by atoms with van der Waals surface area (Å²) in [6.45, 7) is 5.78. The lowest BCUT2D eigenvalue weighted by Crippen LogP contribution is -2.36. The molecule has 4 N–H and O–H groups in total. The molecular weight excluding hydrogens is 244 g/mol. The molecule has 104 valence electrons. The first-order valence-electron chi connectivity index (χ1n) is 6.21. The highest BCUT2D eigenvalue weighted by Crippen LogP contribution is 2.17. The summed E-state index contributed by atoms with van der Waals surface area (Å²) < 4.78 is 0. The van der Waals surface area contributed by atoms with Crippen molar-refractivity contribution in [3.8, 4) is 0 Å². The number of anilines is 1. The number of aryl methyl sites for hydroxylation is 1. The summed E-state index contributed by atoms with van der Waals surface area (Å²) in [4.78, 5) is 22.8. The average molecular weight is 264 g/mol. The number of carboxylic acid groups (broad SMARTS) is 1. The molecule has 1 rings (SSSR count). The number of benzene rings is 1. The van der Waals surface area contributed by atoms with Gasteiger partial charge in [0.2, 0.25) is 5.91 Å². The van der Waals surface area contributed by atoms with Crippen LogP contribution < -0.4 is 11.1 Å². The fourth-order valence-electron chi connectivity index (χ4n) is 1.73. The maximum atomic E-state index is 11.9. The minimum absolute atomic E-state index is 0.137. The van der Waals surface area contributed by atoms with E-state index < -0.39 is 12.0 Å². The smallest absolute Gasteiger partial charge is 0.335 e. The molecule has 0 fully saturated rings. The lowest BCUT2D eigenvalue weighted by Gasteiger charge is -2.15. The minimum Gasteiger partial charge on any atom is -0.478 e. The van der Waals surface area contributed by atoms with Gasteiger partial charge in [0.15, 0.2) is 0 Å². The standard InChI is InChI=1S/C14H20N2O3/c1-8(2)6-11(15)13(17)16-12-7-10(14(18)19)5-4-9(12)3/h4-5,7-8,11H,6,15H2,1-3H3,(H,16,17)(H,18,19)/t11-/m0/s1. The van der Waals surface area contributed by atoms with Gasteiger partial charge >= 0.3 is 5.97 Å². The quantitative estimate of drug-likeness (QED) is 0.758. The number of carbonyl (C=O) groups is 2. The Hall–Kier alpha value is -1.88. The van der Waals surface area contributed by atoms with Crippen LogP contribution in [0.2, 0.25) is 0 Å². The number of nitrogens with one attached hydrogen (secondary N) is 1. The lowest BCUT2D eigenvalue weighted by molar-refractivity contribution is -0.117. The van der Waals surface area contributed by atoms with Crippen molar-refractivity contribution >= 4 is 17.6 Å². The second-order valence-corrected chi connectivity index (χ2v) is 5.06. The van der Waals surface area contributed by atoms with Crippen LogP contribution in [0.5, 0.6) is 0 Å². The maximum absolute atomic E-state index is 11.9. The first-order valence-corrected chi connectivity index (χ1v) is 6.21. The number of carboxylic acids is 1. The molecule has 0 radical (unpaired) electrons. The van der Waals surface area contributed by atoms with Gasteiger partial charge in [0.1, 0.15) is 0 Å². The second kappa shape index (κ2) is 6.33. The van der Waals surface area contributed by atoms with Crippen molar-refractivity contribution in [2.45, 2.75) is 33.2 Å². The van der Waals surface area contributed by atoms with Crippen LogP contribution in [0.15, 0.2) is 18.2 Å². The van der Waals surface area contributed by atoms with Gasteiger partial charge in [0.25, 0.3) is 0 Å². The molecule has 1 aromatic carbocycles. The molecule has 0 aliphatic rings. The van der Waals surface area contributed by atoms with Crippen LogP contribution in [-0.2, 0) is 4.79 Å². The predicted octanol–water partition coefficient (Wildman–Crippen LogP) is 2.01. The molecule has 0 spiro atoms. The Balaban J connectivity index is 2.84. The third-order valence-corrected chi connectivity index (χ3v) is 2.80. The van der Waals surface area contributed by atoms with Crippen molar-refractivity contribution in [1.82, 2.24) is 0 Å². The number of nitrogens with two attached hydrogens (primary N) is 1. The zero-order valence-electron chi connectivity index (χ0n) is 11.4. The Morgan fingerprint density at radius 2 is 2.00 bits per heavy atom. The van der Waals surface area contributed by atoms with Gasteiger partial charge in [0.05, 0.1) is 11.6 Å². The summed E-state index contributed by atoms with van der Waals surface area (Å²) in [6, 6.07) is 4.01. The molecule has 1 aromatic rings. The summed E-state index contributed by atoms with van der Waals surface area (Å²) in [7, 11) is 0. The van der Waals surface area contributed by atoms with Crippen LogP contribution >= 0.6 is 0 Å². The van der Waals surface area contributed by atoms with Gasteiger partial charge < -0.3 is 16.2 Å². The molecule has 0 saturated carbocycles. The van der Waals surface area contributed by atoms with Gasteiger partial charge in [-0.25, -0.2) is 4.79 Å². The molecule has 0 aliphatic heterocycles. The predicted molar refractivity (Wildman–Crippen MR) is 74.2 cm³/mol. The van der Waals surface area contributed by atoms with E-state index in [1.54, 1.807) is 13.0 Å². The fraction of sp³-hybridized carbons (Fsp3) is 0.429. The normalized spacial score (nSPS) is 12.3. The Morgan fingerprint density at radius 3 is 2.53 bits per heavy atom. The third kappa shape index (κ3) is 4.37. The van der Waals surface area contributed by atoms with Crippen molar-refractivity contribution in [3.05, 3.63) is 29.3 Å². The van der Waals surface area contributed by atoms with Crippen LogP contribution in [-0.4, -0.2) is 23.0 Å². The molecule has 19 heavy (non-hydrogen) atoms. The van der Waals surface area contributed by atoms with Crippen LogP contribution in [0.1, 0.15) is 36.2 Å². The largest absolute Gasteiger partial charge is 0.478 e. The first-order chi connectivity index (χ1) is 8.81. The highest BCUT2D eigenvalue weighted by molar-refractivity contribution is 5.97. The summed E-state index contributed by atoms with van der Waals surface area (Å²) in [5.74, 6) is -0.992. The average Bonchev–Trinajstić information content (AvgIpc) is 2.30. The number of carbonyl (C=O) groups excluding carboxylic acids is 1. The minimum atomic E-state index is -1.03. The zero-order chi connectivity index (χ0) is 14.6. The van der Waals surface area contributed by atoms with E-state index in [4.69, 9.17) is 10.8 Å². The number of rotatable bonds is 5. The molecule has 0 aliphatic carbocycles. The van der Waals surface area contributed by atoms with Crippen LogP contribution in [0.4, 0.5) is 5.69 Å².